The van der Waals surface area contributed by atoms with Crippen LogP contribution in [0.15, 0.2) is 15.9 Å². The molecule has 1 rings (SSSR count). The molecule has 1 aromatic rings. The van der Waals surface area contributed by atoms with Gasteiger partial charge in [0.15, 0.2) is 0 Å². The van der Waals surface area contributed by atoms with Crippen LogP contribution in [0.25, 0.3) is 0 Å². The van der Waals surface area contributed by atoms with Crippen molar-refractivity contribution in [2.45, 2.75) is 26.0 Å². The number of halogens is 1. The molecule has 3 heteroatoms. The first-order valence-electron chi connectivity index (χ1n) is 4.50. The van der Waals surface area contributed by atoms with Crippen LogP contribution in [0.1, 0.15) is 25.1 Å². The molecule has 0 saturated carbocycles. The lowest BCUT2D eigenvalue weighted by Crippen LogP contribution is -1.89. The lowest BCUT2D eigenvalue weighted by atomic mass is 10.2. The second kappa shape index (κ2) is 6.10. The van der Waals surface area contributed by atoms with Gasteiger partial charge in [-0.15, -0.1) is 11.3 Å². The maximum absolute atomic E-state index is 3.47. The highest BCUT2D eigenvalue weighted by Gasteiger charge is 1.98. The minimum atomic E-state index is 0.836. The molecule has 74 valence electrons. The van der Waals surface area contributed by atoms with Gasteiger partial charge in [-0.25, -0.2) is 0 Å². The molecule has 0 nitrogen and oxygen atoms in total. The maximum Gasteiger partial charge on any atom is 0.0701 e. The van der Waals surface area contributed by atoms with Crippen LogP contribution in [-0.4, -0.2) is 5.75 Å². The SMILES string of the molecule is CC(C)CCSCc1ccc(Br)s1. The summed E-state index contributed by atoms with van der Waals surface area (Å²) >= 11 is 7.35. The van der Waals surface area contributed by atoms with Gasteiger partial charge in [0, 0.05) is 10.6 Å². The minimum absolute atomic E-state index is 0.836. The van der Waals surface area contributed by atoms with Crippen molar-refractivity contribution in [1.82, 2.24) is 0 Å². The van der Waals surface area contributed by atoms with Crippen molar-refractivity contribution in [2.24, 2.45) is 5.92 Å². The smallest absolute Gasteiger partial charge is 0.0701 e. The van der Waals surface area contributed by atoms with E-state index in [1.54, 1.807) is 0 Å². The van der Waals surface area contributed by atoms with Gasteiger partial charge in [0.05, 0.1) is 3.79 Å². The Labute approximate surface area is 97.3 Å². The summed E-state index contributed by atoms with van der Waals surface area (Å²) in [6, 6.07) is 4.33. The normalized spacial score (nSPS) is 11.1. The third kappa shape index (κ3) is 5.08. The highest BCUT2D eigenvalue weighted by molar-refractivity contribution is 9.11. The van der Waals surface area contributed by atoms with E-state index in [0.29, 0.717) is 0 Å². The van der Waals surface area contributed by atoms with E-state index in [1.807, 2.05) is 23.1 Å². The highest BCUT2D eigenvalue weighted by atomic mass is 79.9. The fourth-order valence-electron chi connectivity index (χ4n) is 0.921. The zero-order valence-electron chi connectivity index (χ0n) is 8.05. The van der Waals surface area contributed by atoms with E-state index in [9.17, 15) is 0 Å². The number of hydrogen-bond acceptors (Lipinski definition) is 2. The van der Waals surface area contributed by atoms with Gasteiger partial charge in [-0.05, 0) is 46.2 Å². The van der Waals surface area contributed by atoms with Gasteiger partial charge in [-0.2, -0.15) is 11.8 Å². The molecule has 0 aliphatic carbocycles. The fraction of sp³-hybridized carbons (Fsp3) is 0.600. The van der Waals surface area contributed by atoms with E-state index in [-0.39, 0.29) is 0 Å². The average molecular weight is 279 g/mol. The zero-order chi connectivity index (χ0) is 9.68. The van der Waals surface area contributed by atoms with Crippen molar-refractivity contribution in [2.75, 3.05) is 5.75 Å². The molecule has 1 aromatic heterocycles. The number of rotatable bonds is 5. The van der Waals surface area contributed by atoms with Gasteiger partial charge >= 0.3 is 0 Å². The van der Waals surface area contributed by atoms with Gasteiger partial charge in [0.1, 0.15) is 0 Å². The number of thioether (sulfide) groups is 1. The first-order chi connectivity index (χ1) is 6.18. The van der Waals surface area contributed by atoms with Crippen LogP contribution in [0.4, 0.5) is 0 Å². The molecule has 0 fully saturated rings. The molecule has 0 aromatic carbocycles. The molecule has 13 heavy (non-hydrogen) atoms. The number of thiophene rings is 1. The molecule has 0 amide bonds. The first-order valence-corrected chi connectivity index (χ1v) is 7.27. The quantitative estimate of drug-likeness (QED) is 0.698. The summed E-state index contributed by atoms with van der Waals surface area (Å²) in [5, 5.41) is 0. The van der Waals surface area contributed by atoms with Gasteiger partial charge in [-0.3, -0.25) is 0 Å². The van der Waals surface area contributed by atoms with Crippen LogP contribution in [0.2, 0.25) is 0 Å². The number of hydrogen-bond donors (Lipinski definition) is 0. The van der Waals surface area contributed by atoms with Gasteiger partial charge in [-0.1, -0.05) is 13.8 Å². The summed E-state index contributed by atoms with van der Waals surface area (Å²) in [7, 11) is 0. The van der Waals surface area contributed by atoms with Crippen molar-refractivity contribution in [1.29, 1.82) is 0 Å². The lowest BCUT2D eigenvalue weighted by Gasteiger charge is -2.02. The molecular weight excluding hydrogens is 264 g/mol. The minimum Gasteiger partial charge on any atom is -0.156 e. The van der Waals surface area contributed by atoms with Gasteiger partial charge in [0.25, 0.3) is 0 Å². The third-order valence-electron chi connectivity index (χ3n) is 1.71. The fourth-order valence-corrected chi connectivity index (χ4v) is 3.77. The lowest BCUT2D eigenvalue weighted by molar-refractivity contribution is 0.632. The Bertz CT molecular complexity index is 243. The predicted molar refractivity (Wildman–Crippen MR) is 67.6 cm³/mol. The van der Waals surface area contributed by atoms with Crippen molar-refractivity contribution >= 4 is 39.0 Å². The maximum atomic E-state index is 3.47. The molecule has 0 aliphatic rings. The molecule has 0 saturated heterocycles. The largest absolute Gasteiger partial charge is 0.156 e. The second-order valence-electron chi connectivity index (χ2n) is 3.44. The summed E-state index contributed by atoms with van der Waals surface area (Å²) in [4.78, 5) is 1.47. The Morgan fingerprint density at radius 1 is 1.46 bits per heavy atom. The van der Waals surface area contributed by atoms with Crippen LogP contribution < -0.4 is 0 Å². The second-order valence-corrected chi connectivity index (χ2v) is 7.09. The molecule has 0 unspecified atom stereocenters. The Morgan fingerprint density at radius 3 is 2.77 bits per heavy atom. The van der Waals surface area contributed by atoms with E-state index < -0.39 is 0 Å². The van der Waals surface area contributed by atoms with E-state index >= 15 is 0 Å². The summed E-state index contributed by atoms with van der Waals surface area (Å²) < 4.78 is 1.24. The summed E-state index contributed by atoms with van der Waals surface area (Å²) in [6.07, 6.45) is 1.33. The van der Waals surface area contributed by atoms with Gasteiger partial charge < -0.3 is 0 Å². The highest BCUT2D eigenvalue weighted by Crippen LogP contribution is 2.26. The van der Waals surface area contributed by atoms with Crippen molar-refractivity contribution in [3.05, 3.63) is 20.8 Å². The van der Waals surface area contributed by atoms with Crippen molar-refractivity contribution in [3.63, 3.8) is 0 Å². The van der Waals surface area contributed by atoms with E-state index in [0.717, 1.165) is 5.92 Å². The van der Waals surface area contributed by atoms with Crippen molar-refractivity contribution in [3.8, 4) is 0 Å². The van der Waals surface area contributed by atoms with E-state index in [4.69, 9.17) is 0 Å². The van der Waals surface area contributed by atoms with Gasteiger partial charge in [0.2, 0.25) is 0 Å². The van der Waals surface area contributed by atoms with E-state index in [1.165, 1.54) is 26.6 Å². The van der Waals surface area contributed by atoms with Crippen LogP contribution in [0.3, 0.4) is 0 Å². The molecule has 0 bridgehead atoms. The molecule has 0 aliphatic heterocycles. The molecule has 0 radical (unpaired) electrons. The predicted octanol–water partition coefficient (Wildman–Crippen LogP) is 4.79. The van der Waals surface area contributed by atoms with Crippen LogP contribution >= 0.6 is 39.0 Å². The Kier molecular flexibility index (Phi) is 5.44. The topological polar surface area (TPSA) is 0 Å². The standard InChI is InChI=1S/C10H15BrS2/c1-8(2)5-6-12-7-9-3-4-10(11)13-9/h3-4,8H,5-7H2,1-2H3. The molecule has 0 N–H and O–H groups in total. The Morgan fingerprint density at radius 2 is 2.23 bits per heavy atom. The van der Waals surface area contributed by atoms with E-state index in [2.05, 4.69) is 41.9 Å². The first kappa shape index (κ1) is 11.6. The third-order valence-corrected chi connectivity index (χ3v) is 4.56. The molecule has 0 atom stereocenters. The Balaban J connectivity index is 2.13. The van der Waals surface area contributed by atoms with Crippen molar-refractivity contribution < 1.29 is 0 Å². The summed E-state index contributed by atoms with van der Waals surface area (Å²) in [5.74, 6) is 3.29. The van der Waals surface area contributed by atoms with Crippen LogP contribution in [-0.2, 0) is 5.75 Å². The molecule has 0 spiro atoms. The van der Waals surface area contributed by atoms with Crippen LogP contribution in [0.5, 0.6) is 0 Å². The summed E-state index contributed by atoms with van der Waals surface area (Å²) in [5.41, 5.74) is 0. The average Bonchev–Trinajstić information content (AvgIpc) is 2.45. The molecule has 1 heterocycles. The molecular formula is C10H15BrS2. The van der Waals surface area contributed by atoms with Crippen LogP contribution in [0, 0.1) is 5.92 Å². The zero-order valence-corrected chi connectivity index (χ0v) is 11.3. The Hall–Kier alpha value is 0.530. The summed E-state index contributed by atoms with van der Waals surface area (Å²) in [6.45, 7) is 4.56. The monoisotopic (exact) mass is 278 g/mol.